The van der Waals surface area contributed by atoms with E-state index in [9.17, 15) is 4.79 Å². The second-order valence-electron chi connectivity index (χ2n) is 3.53. The fraction of sp³-hybridized carbons (Fsp3) is 0.600. The van der Waals surface area contributed by atoms with Gasteiger partial charge in [-0.25, -0.2) is 0 Å². The Balaban J connectivity index is 2.83. The van der Waals surface area contributed by atoms with E-state index in [4.69, 9.17) is 10.8 Å². The molecule has 0 bridgehead atoms. The predicted octanol–water partition coefficient (Wildman–Crippen LogP) is -0.0141. The number of aliphatic hydroxyl groups is 1. The molecule has 0 aliphatic carbocycles. The number of carbonyl (C=O) groups excluding carboxylic acids is 1. The number of aliphatic hydroxyl groups excluding tert-OH is 1. The Morgan fingerprint density at radius 3 is 2.88 bits per heavy atom. The van der Waals surface area contributed by atoms with E-state index in [0.717, 1.165) is 0 Å². The normalized spacial score (nSPS) is 12.4. The summed E-state index contributed by atoms with van der Waals surface area (Å²) in [6, 6.07) is -0.243. The van der Waals surface area contributed by atoms with Gasteiger partial charge in [-0.15, -0.1) is 0 Å². The number of aromatic nitrogens is 2. The Morgan fingerprint density at radius 2 is 2.38 bits per heavy atom. The molecule has 0 spiro atoms. The molecule has 0 saturated carbocycles. The highest BCUT2D eigenvalue weighted by molar-refractivity contribution is 5.97. The van der Waals surface area contributed by atoms with Crippen LogP contribution < -0.4 is 11.1 Å². The van der Waals surface area contributed by atoms with E-state index in [2.05, 4.69) is 10.4 Å². The van der Waals surface area contributed by atoms with Crippen molar-refractivity contribution in [3.63, 3.8) is 0 Å². The lowest BCUT2D eigenvalue weighted by Crippen LogP contribution is -2.38. The number of amides is 1. The van der Waals surface area contributed by atoms with E-state index in [1.54, 1.807) is 0 Å². The first-order valence-corrected chi connectivity index (χ1v) is 5.37. The number of hydrogen-bond acceptors (Lipinski definition) is 4. The van der Waals surface area contributed by atoms with Crippen LogP contribution in [0.5, 0.6) is 0 Å². The van der Waals surface area contributed by atoms with Gasteiger partial charge in [-0.3, -0.25) is 9.48 Å². The van der Waals surface area contributed by atoms with Crippen molar-refractivity contribution in [2.24, 2.45) is 0 Å². The van der Waals surface area contributed by atoms with E-state index in [0.29, 0.717) is 24.3 Å². The third-order valence-corrected chi connectivity index (χ3v) is 2.43. The van der Waals surface area contributed by atoms with Gasteiger partial charge in [0.25, 0.3) is 5.91 Å². The van der Waals surface area contributed by atoms with Crippen molar-refractivity contribution in [1.82, 2.24) is 15.1 Å². The smallest absolute Gasteiger partial charge is 0.271 e. The Morgan fingerprint density at radius 1 is 1.69 bits per heavy atom. The zero-order chi connectivity index (χ0) is 12.1. The van der Waals surface area contributed by atoms with Crippen molar-refractivity contribution in [2.75, 3.05) is 12.3 Å². The monoisotopic (exact) mass is 226 g/mol. The summed E-state index contributed by atoms with van der Waals surface area (Å²) in [5.74, 6) is -0.294. The summed E-state index contributed by atoms with van der Waals surface area (Å²) in [4.78, 5) is 11.9. The number of nitrogens with two attached hydrogens (primary N) is 1. The van der Waals surface area contributed by atoms with Crippen LogP contribution in [-0.4, -0.2) is 33.4 Å². The van der Waals surface area contributed by atoms with Crippen molar-refractivity contribution in [3.8, 4) is 0 Å². The maximum atomic E-state index is 11.9. The number of anilines is 1. The molecule has 6 nitrogen and oxygen atoms in total. The highest BCUT2D eigenvalue weighted by Crippen LogP contribution is 2.10. The van der Waals surface area contributed by atoms with Crippen LogP contribution in [0.3, 0.4) is 0 Å². The van der Waals surface area contributed by atoms with Gasteiger partial charge in [-0.2, -0.15) is 5.10 Å². The molecule has 1 aromatic heterocycles. The first-order chi connectivity index (χ1) is 7.63. The molecule has 1 rings (SSSR count). The molecule has 0 radical (unpaired) electrons. The fourth-order valence-electron chi connectivity index (χ4n) is 1.42. The zero-order valence-electron chi connectivity index (χ0n) is 9.60. The van der Waals surface area contributed by atoms with Crippen molar-refractivity contribution >= 4 is 11.6 Å². The van der Waals surface area contributed by atoms with E-state index in [1.807, 2.05) is 13.8 Å². The van der Waals surface area contributed by atoms with Crippen LogP contribution in [0.4, 0.5) is 5.69 Å². The number of aryl methyl sites for hydroxylation is 1. The van der Waals surface area contributed by atoms with Gasteiger partial charge in [0, 0.05) is 6.54 Å². The number of nitrogens with one attached hydrogen (secondary N) is 1. The molecule has 0 aliphatic heterocycles. The Bertz CT molecular complexity index is 358. The van der Waals surface area contributed by atoms with E-state index >= 15 is 0 Å². The minimum absolute atomic E-state index is 0.0809. The molecule has 0 aliphatic rings. The molecular weight excluding hydrogens is 208 g/mol. The lowest BCUT2D eigenvalue weighted by Gasteiger charge is -2.14. The second-order valence-corrected chi connectivity index (χ2v) is 3.53. The highest BCUT2D eigenvalue weighted by Gasteiger charge is 2.18. The van der Waals surface area contributed by atoms with Crippen LogP contribution >= 0.6 is 0 Å². The van der Waals surface area contributed by atoms with Gasteiger partial charge in [0.2, 0.25) is 0 Å². The summed E-state index contributed by atoms with van der Waals surface area (Å²) < 4.78 is 1.54. The van der Waals surface area contributed by atoms with Crippen LogP contribution in [0.2, 0.25) is 0 Å². The predicted molar refractivity (Wildman–Crippen MR) is 60.9 cm³/mol. The Hall–Kier alpha value is -1.56. The first kappa shape index (κ1) is 12.5. The van der Waals surface area contributed by atoms with Crippen LogP contribution in [0.15, 0.2) is 6.20 Å². The third kappa shape index (κ3) is 2.52. The average molecular weight is 226 g/mol. The lowest BCUT2D eigenvalue weighted by molar-refractivity contribution is 0.0905. The molecule has 16 heavy (non-hydrogen) atoms. The van der Waals surface area contributed by atoms with Gasteiger partial charge in [-0.1, -0.05) is 6.92 Å². The van der Waals surface area contributed by atoms with Crippen molar-refractivity contribution in [1.29, 1.82) is 0 Å². The van der Waals surface area contributed by atoms with Gasteiger partial charge >= 0.3 is 0 Å². The van der Waals surface area contributed by atoms with Crippen LogP contribution in [0.25, 0.3) is 0 Å². The maximum Gasteiger partial charge on any atom is 0.271 e. The molecule has 0 aromatic carbocycles. The van der Waals surface area contributed by atoms with E-state index in [-0.39, 0.29) is 18.6 Å². The summed E-state index contributed by atoms with van der Waals surface area (Å²) in [5, 5.41) is 15.7. The molecule has 6 heteroatoms. The van der Waals surface area contributed by atoms with Crippen molar-refractivity contribution < 1.29 is 9.90 Å². The number of nitrogens with zero attached hydrogens (tertiary/aromatic N) is 2. The van der Waals surface area contributed by atoms with Crippen LogP contribution in [-0.2, 0) is 6.54 Å². The maximum absolute atomic E-state index is 11.9. The topological polar surface area (TPSA) is 93.2 Å². The average Bonchev–Trinajstić information content (AvgIpc) is 2.67. The number of hydrogen-bond donors (Lipinski definition) is 3. The molecule has 0 saturated heterocycles. The molecule has 0 unspecified atom stereocenters. The number of rotatable bonds is 5. The Kier molecular flexibility index (Phi) is 4.30. The summed E-state index contributed by atoms with van der Waals surface area (Å²) in [6.45, 7) is 4.27. The van der Waals surface area contributed by atoms with Gasteiger partial charge in [0.15, 0.2) is 0 Å². The van der Waals surface area contributed by atoms with Crippen LogP contribution in [0.1, 0.15) is 30.8 Å². The van der Waals surface area contributed by atoms with E-state index < -0.39 is 0 Å². The number of nitrogen functional groups attached to an aromatic ring is 1. The van der Waals surface area contributed by atoms with E-state index in [1.165, 1.54) is 10.9 Å². The minimum Gasteiger partial charge on any atom is -0.396 e. The third-order valence-electron chi connectivity index (χ3n) is 2.43. The molecule has 1 atom stereocenters. The summed E-state index contributed by atoms with van der Waals surface area (Å²) in [5.41, 5.74) is 6.38. The van der Waals surface area contributed by atoms with Crippen molar-refractivity contribution in [3.05, 3.63) is 11.9 Å². The van der Waals surface area contributed by atoms with Gasteiger partial charge in [-0.05, 0) is 13.3 Å². The molecule has 90 valence electrons. The molecule has 1 heterocycles. The Labute approximate surface area is 94.4 Å². The number of carbonyl (C=O) groups is 1. The second kappa shape index (κ2) is 5.50. The SMILES string of the molecule is CC[C@H](CO)NC(=O)c1c(N)cnn1CC. The molecule has 1 aromatic rings. The molecule has 4 N–H and O–H groups in total. The molecule has 0 fully saturated rings. The summed E-state index contributed by atoms with van der Waals surface area (Å²) in [7, 11) is 0. The summed E-state index contributed by atoms with van der Waals surface area (Å²) in [6.07, 6.45) is 2.13. The standard InChI is InChI=1S/C10H18N4O2/c1-3-7(6-15)13-10(16)9-8(11)5-12-14(9)4-2/h5,7,15H,3-4,6,11H2,1-2H3,(H,13,16)/t7-/m1/s1. The van der Waals surface area contributed by atoms with Gasteiger partial charge < -0.3 is 16.2 Å². The first-order valence-electron chi connectivity index (χ1n) is 5.37. The highest BCUT2D eigenvalue weighted by atomic mass is 16.3. The fourth-order valence-corrected chi connectivity index (χ4v) is 1.42. The summed E-state index contributed by atoms with van der Waals surface area (Å²) >= 11 is 0. The zero-order valence-corrected chi connectivity index (χ0v) is 9.60. The largest absolute Gasteiger partial charge is 0.396 e. The molecular formula is C10H18N4O2. The lowest BCUT2D eigenvalue weighted by atomic mass is 10.2. The quantitative estimate of drug-likeness (QED) is 0.658. The van der Waals surface area contributed by atoms with Gasteiger partial charge in [0.1, 0.15) is 5.69 Å². The van der Waals surface area contributed by atoms with Crippen molar-refractivity contribution in [2.45, 2.75) is 32.9 Å². The van der Waals surface area contributed by atoms with Gasteiger partial charge in [0.05, 0.1) is 24.5 Å². The van der Waals surface area contributed by atoms with Crippen LogP contribution in [0, 0.1) is 0 Å². The molecule has 1 amide bonds. The minimum atomic E-state index is -0.294.